The van der Waals surface area contributed by atoms with Crippen molar-refractivity contribution in [2.24, 2.45) is 0 Å². The molecule has 112 valence electrons. The second kappa shape index (κ2) is 6.23. The van der Waals surface area contributed by atoms with Gasteiger partial charge in [0.15, 0.2) is 0 Å². The van der Waals surface area contributed by atoms with Crippen molar-refractivity contribution >= 4 is 33.2 Å². The highest BCUT2D eigenvalue weighted by atomic mass is 79.9. The zero-order valence-electron chi connectivity index (χ0n) is 10.4. The number of benzene rings is 2. The van der Waals surface area contributed by atoms with E-state index < -0.39 is 17.6 Å². The Kier molecular flexibility index (Phi) is 4.78. The third kappa shape index (κ3) is 4.11. The van der Waals surface area contributed by atoms with E-state index in [1.807, 2.05) is 0 Å². The van der Waals surface area contributed by atoms with Gasteiger partial charge in [0.25, 0.3) is 0 Å². The number of halogens is 6. The predicted octanol–water partition coefficient (Wildman–Crippen LogP) is 5.87. The molecule has 0 saturated carbocycles. The molecule has 0 amide bonds. The first-order chi connectivity index (χ1) is 9.77. The second-order valence-corrected chi connectivity index (χ2v) is 5.63. The Morgan fingerprint density at radius 2 is 1.81 bits per heavy atom. The molecule has 0 fully saturated rings. The molecule has 1 nitrogen and oxygen atoms in total. The number of hydrogen-bond acceptors (Lipinski definition) is 1. The Morgan fingerprint density at radius 3 is 2.43 bits per heavy atom. The summed E-state index contributed by atoms with van der Waals surface area (Å²) >= 11 is 8.62. The molecule has 0 aromatic heterocycles. The van der Waals surface area contributed by atoms with Gasteiger partial charge in [0, 0.05) is 27.3 Å². The van der Waals surface area contributed by atoms with Gasteiger partial charge in [-0.2, -0.15) is 13.2 Å². The van der Waals surface area contributed by atoms with Crippen LogP contribution < -0.4 is 5.32 Å². The molecular formula is C14H9BrClF4N. The van der Waals surface area contributed by atoms with Crippen LogP contribution in [0.5, 0.6) is 0 Å². The molecule has 0 atom stereocenters. The SMILES string of the molecule is Fc1cc(Cl)ccc1CNc1ccc(Br)cc1C(F)(F)F. The lowest BCUT2D eigenvalue weighted by atomic mass is 10.1. The van der Waals surface area contributed by atoms with E-state index in [4.69, 9.17) is 11.6 Å². The zero-order chi connectivity index (χ0) is 15.6. The molecule has 2 aromatic rings. The average Bonchev–Trinajstić information content (AvgIpc) is 2.38. The van der Waals surface area contributed by atoms with Crippen LogP contribution in [0, 0.1) is 5.82 Å². The molecule has 0 saturated heterocycles. The van der Waals surface area contributed by atoms with Crippen LogP contribution >= 0.6 is 27.5 Å². The second-order valence-electron chi connectivity index (χ2n) is 4.28. The van der Waals surface area contributed by atoms with Crippen LogP contribution in [0.4, 0.5) is 23.2 Å². The number of rotatable bonds is 3. The van der Waals surface area contributed by atoms with Crippen molar-refractivity contribution < 1.29 is 17.6 Å². The van der Waals surface area contributed by atoms with E-state index in [0.717, 1.165) is 12.1 Å². The minimum Gasteiger partial charge on any atom is -0.380 e. The lowest BCUT2D eigenvalue weighted by Crippen LogP contribution is -2.11. The van der Waals surface area contributed by atoms with Gasteiger partial charge >= 0.3 is 6.18 Å². The molecule has 2 rings (SSSR count). The molecule has 0 radical (unpaired) electrons. The van der Waals surface area contributed by atoms with Gasteiger partial charge in [0.05, 0.1) is 5.56 Å². The fraction of sp³-hybridized carbons (Fsp3) is 0.143. The Labute approximate surface area is 132 Å². The van der Waals surface area contributed by atoms with Gasteiger partial charge in [-0.05, 0) is 30.3 Å². The number of nitrogens with one attached hydrogen (secondary N) is 1. The highest BCUT2D eigenvalue weighted by molar-refractivity contribution is 9.10. The van der Waals surface area contributed by atoms with Gasteiger partial charge in [0.1, 0.15) is 5.82 Å². The molecule has 0 aliphatic carbocycles. The first-order valence-corrected chi connectivity index (χ1v) is 6.99. The van der Waals surface area contributed by atoms with Crippen LogP contribution in [0.2, 0.25) is 5.02 Å². The summed E-state index contributed by atoms with van der Waals surface area (Å²) < 4.78 is 52.7. The van der Waals surface area contributed by atoms with Crippen molar-refractivity contribution in [3.63, 3.8) is 0 Å². The van der Waals surface area contributed by atoms with E-state index >= 15 is 0 Å². The molecule has 0 heterocycles. The summed E-state index contributed by atoms with van der Waals surface area (Å²) in [5.74, 6) is -0.569. The molecular weight excluding hydrogens is 374 g/mol. The molecule has 0 aliphatic rings. The van der Waals surface area contributed by atoms with Crippen molar-refractivity contribution in [1.82, 2.24) is 0 Å². The van der Waals surface area contributed by atoms with E-state index in [1.165, 1.54) is 24.3 Å². The zero-order valence-corrected chi connectivity index (χ0v) is 12.8. The highest BCUT2D eigenvalue weighted by Crippen LogP contribution is 2.36. The lowest BCUT2D eigenvalue weighted by molar-refractivity contribution is -0.137. The summed E-state index contributed by atoms with van der Waals surface area (Å²) in [5, 5.41) is 2.83. The van der Waals surface area contributed by atoms with Crippen molar-refractivity contribution in [3.05, 3.63) is 62.8 Å². The molecule has 1 N–H and O–H groups in total. The smallest absolute Gasteiger partial charge is 0.380 e. The summed E-state index contributed by atoms with van der Waals surface area (Å²) in [6, 6.07) is 7.77. The first-order valence-electron chi connectivity index (χ1n) is 5.82. The molecule has 2 aromatic carbocycles. The van der Waals surface area contributed by atoms with Gasteiger partial charge in [-0.25, -0.2) is 4.39 Å². The van der Waals surface area contributed by atoms with Crippen molar-refractivity contribution in [2.45, 2.75) is 12.7 Å². The van der Waals surface area contributed by atoms with Crippen LogP contribution in [0.1, 0.15) is 11.1 Å². The Hall–Kier alpha value is -1.27. The van der Waals surface area contributed by atoms with Gasteiger partial charge in [0.2, 0.25) is 0 Å². The van der Waals surface area contributed by atoms with Crippen molar-refractivity contribution in [1.29, 1.82) is 0 Å². The van der Waals surface area contributed by atoms with Crippen LogP contribution in [-0.4, -0.2) is 0 Å². The van der Waals surface area contributed by atoms with E-state index in [0.29, 0.717) is 4.47 Å². The maximum absolute atomic E-state index is 13.6. The number of alkyl halides is 3. The topological polar surface area (TPSA) is 12.0 Å². The van der Waals surface area contributed by atoms with Crippen LogP contribution in [0.3, 0.4) is 0 Å². The summed E-state index contributed by atoms with van der Waals surface area (Å²) in [7, 11) is 0. The quantitative estimate of drug-likeness (QED) is 0.654. The van der Waals surface area contributed by atoms with E-state index in [9.17, 15) is 17.6 Å². The lowest BCUT2D eigenvalue weighted by Gasteiger charge is -2.15. The average molecular weight is 383 g/mol. The summed E-state index contributed by atoms with van der Waals surface area (Å²) in [6.07, 6.45) is -4.50. The molecule has 0 spiro atoms. The first kappa shape index (κ1) is 16.1. The van der Waals surface area contributed by atoms with Gasteiger partial charge < -0.3 is 5.32 Å². The van der Waals surface area contributed by atoms with Gasteiger partial charge in [-0.15, -0.1) is 0 Å². The Bertz CT molecular complexity index is 658. The molecule has 7 heteroatoms. The van der Waals surface area contributed by atoms with Crippen molar-refractivity contribution in [3.8, 4) is 0 Å². The fourth-order valence-electron chi connectivity index (χ4n) is 1.76. The Balaban J connectivity index is 2.24. The third-order valence-corrected chi connectivity index (χ3v) is 3.50. The molecule has 21 heavy (non-hydrogen) atoms. The maximum atomic E-state index is 13.6. The monoisotopic (exact) mass is 381 g/mol. The number of anilines is 1. The summed E-state index contributed by atoms with van der Waals surface area (Å²) in [4.78, 5) is 0. The normalized spacial score (nSPS) is 11.5. The van der Waals surface area contributed by atoms with E-state index in [2.05, 4.69) is 21.2 Å². The van der Waals surface area contributed by atoms with E-state index in [1.54, 1.807) is 0 Å². The Morgan fingerprint density at radius 1 is 1.10 bits per heavy atom. The largest absolute Gasteiger partial charge is 0.418 e. The maximum Gasteiger partial charge on any atom is 0.418 e. The molecule has 0 aliphatic heterocycles. The highest BCUT2D eigenvalue weighted by Gasteiger charge is 2.33. The van der Waals surface area contributed by atoms with Crippen LogP contribution in [0.15, 0.2) is 40.9 Å². The van der Waals surface area contributed by atoms with Crippen LogP contribution in [0.25, 0.3) is 0 Å². The minimum absolute atomic E-state index is 0.0757. The standard InChI is InChI=1S/C14H9BrClF4N/c15-9-2-4-13(11(5-9)14(18,19)20)21-7-8-1-3-10(16)6-12(8)17/h1-6,21H,7H2. The van der Waals surface area contributed by atoms with E-state index in [-0.39, 0.29) is 22.8 Å². The fourth-order valence-corrected chi connectivity index (χ4v) is 2.28. The molecule has 0 bridgehead atoms. The van der Waals surface area contributed by atoms with Crippen LogP contribution in [-0.2, 0) is 12.7 Å². The predicted molar refractivity (Wildman–Crippen MR) is 77.9 cm³/mol. The van der Waals surface area contributed by atoms with Crippen molar-refractivity contribution in [2.75, 3.05) is 5.32 Å². The summed E-state index contributed by atoms with van der Waals surface area (Å²) in [5.41, 5.74) is -0.693. The summed E-state index contributed by atoms with van der Waals surface area (Å²) in [6.45, 7) is -0.0757. The van der Waals surface area contributed by atoms with Gasteiger partial charge in [-0.1, -0.05) is 33.6 Å². The number of hydrogen-bond donors (Lipinski definition) is 1. The third-order valence-electron chi connectivity index (χ3n) is 2.77. The molecule has 0 unspecified atom stereocenters. The minimum atomic E-state index is -4.50. The van der Waals surface area contributed by atoms with Gasteiger partial charge in [-0.3, -0.25) is 0 Å².